The van der Waals surface area contributed by atoms with E-state index < -0.39 is 0 Å². The van der Waals surface area contributed by atoms with Crippen LogP contribution in [0.3, 0.4) is 0 Å². The first-order valence-corrected chi connectivity index (χ1v) is 4.74. The minimum atomic E-state index is -0.263. The van der Waals surface area contributed by atoms with Crippen molar-refractivity contribution in [2.75, 3.05) is 0 Å². The van der Waals surface area contributed by atoms with E-state index in [1.807, 2.05) is 6.92 Å². The zero-order valence-electron chi connectivity index (χ0n) is 8.37. The molecule has 0 aliphatic heterocycles. The second kappa shape index (κ2) is 3.82. The molecule has 0 amide bonds. The fourth-order valence-corrected chi connectivity index (χ4v) is 1.54. The minimum absolute atomic E-state index is 0.192. The van der Waals surface area contributed by atoms with Gasteiger partial charge in [-0.25, -0.2) is 4.39 Å². The predicted octanol–water partition coefficient (Wildman–Crippen LogP) is 2.24. The smallest absolute Gasteiger partial charge is 0.131 e. The van der Waals surface area contributed by atoms with Gasteiger partial charge in [-0.15, -0.1) is 0 Å². The van der Waals surface area contributed by atoms with Crippen molar-refractivity contribution in [3.8, 4) is 11.1 Å². The van der Waals surface area contributed by atoms with Crippen molar-refractivity contribution in [1.82, 2.24) is 10.2 Å². The molecule has 78 valence electrons. The van der Waals surface area contributed by atoms with Crippen molar-refractivity contribution in [3.05, 3.63) is 42.0 Å². The SMILES string of the molecule is CC(N)c1[nH]ncc1-c1ccccc1F. The molecule has 2 aromatic rings. The van der Waals surface area contributed by atoms with Gasteiger partial charge in [0.05, 0.1) is 11.9 Å². The molecule has 1 aromatic heterocycles. The number of nitrogens with zero attached hydrogens (tertiary/aromatic N) is 1. The van der Waals surface area contributed by atoms with E-state index in [4.69, 9.17) is 5.73 Å². The van der Waals surface area contributed by atoms with Gasteiger partial charge in [0.1, 0.15) is 5.82 Å². The first-order chi connectivity index (χ1) is 7.20. The molecule has 0 fully saturated rings. The molecule has 1 aromatic carbocycles. The average Bonchev–Trinajstić information content (AvgIpc) is 2.67. The summed E-state index contributed by atoms with van der Waals surface area (Å²) in [7, 11) is 0. The van der Waals surface area contributed by atoms with Crippen molar-refractivity contribution in [1.29, 1.82) is 0 Å². The third-order valence-corrected chi connectivity index (χ3v) is 2.29. The van der Waals surface area contributed by atoms with Crippen molar-refractivity contribution in [3.63, 3.8) is 0 Å². The standard InChI is InChI=1S/C11H12FN3/c1-7(13)11-9(6-14-15-11)8-4-2-3-5-10(8)12/h2-7H,13H2,1H3,(H,14,15). The Hall–Kier alpha value is -1.68. The summed E-state index contributed by atoms with van der Waals surface area (Å²) >= 11 is 0. The molecule has 0 radical (unpaired) electrons. The van der Waals surface area contributed by atoms with Gasteiger partial charge in [0.15, 0.2) is 0 Å². The molecule has 4 heteroatoms. The second-order valence-corrected chi connectivity index (χ2v) is 3.47. The molecule has 2 rings (SSSR count). The van der Waals surface area contributed by atoms with E-state index in [1.165, 1.54) is 6.07 Å². The van der Waals surface area contributed by atoms with Crippen molar-refractivity contribution >= 4 is 0 Å². The van der Waals surface area contributed by atoms with E-state index in [0.29, 0.717) is 5.56 Å². The molecule has 15 heavy (non-hydrogen) atoms. The Bertz CT molecular complexity index is 462. The zero-order valence-corrected chi connectivity index (χ0v) is 8.37. The summed E-state index contributed by atoms with van der Waals surface area (Å²) in [6.07, 6.45) is 1.59. The lowest BCUT2D eigenvalue weighted by atomic mass is 10.0. The van der Waals surface area contributed by atoms with Gasteiger partial charge in [-0.05, 0) is 13.0 Å². The van der Waals surface area contributed by atoms with Crippen molar-refractivity contribution < 1.29 is 4.39 Å². The lowest BCUT2D eigenvalue weighted by Gasteiger charge is -2.06. The molecule has 0 saturated heterocycles. The Balaban J connectivity index is 2.55. The number of rotatable bonds is 2. The molecular weight excluding hydrogens is 193 g/mol. The van der Waals surface area contributed by atoms with Crippen LogP contribution in [0.25, 0.3) is 11.1 Å². The molecular formula is C11H12FN3. The number of hydrogen-bond donors (Lipinski definition) is 2. The molecule has 0 aliphatic rings. The van der Waals surface area contributed by atoms with Gasteiger partial charge in [0, 0.05) is 17.2 Å². The molecule has 1 atom stereocenters. The monoisotopic (exact) mass is 205 g/mol. The van der Waals surface area contributed by atoms with Crippen LogP contribution in [-0.2, 0) is 0 Å². The van der Waals surface area contributed by atoms with Crippen LogP contribution in [0.4, 0.5) is 4.39 Å². The van der Waals surface area contributed by atoms with Crippen molar-refractivity contribution in [2.24, 2.45) is 5.73 Å². The Kier molecular flexibility index (Phi) is 2.51. The van der Waals surface area contributed by atoms with Gasteiger partial charge in [0.25, 0.3) is 0 Å². The third kappa shape index (κ3) is 1.76. The van der Waals surface area contributed by atoms with Crippen molar-refractivity contribution in [2.45, 2.75) is 13.0 Å². The van der Waals surface area contributed by atoms with Gasteiger partial charge in [-0.1, -0.05) is 18.2 Å². The number of benzene rings is 1. The lowest BCUT2D eigenvalue weighted by Crippen LogP contribution is -2.07. The van der Waals surface area contributed by atoms with E-state index >= 15 is 0 Å². The number of aromatic amines is 1. The topological polar surface area (TPSA) is 54.7 Å². The number of halogens is 1. The number of hydrogen-bond acceptors (Lipinski definition) is 2. The number of nitrogens with one attached hydrogen (secondary N) is 1. The summed E-state index contributed by atoms with van der Waals surface area (Å²) in [4.78, 5) is 0. The Labute approximate surface area is 87.1 Å². The van der Waals surface area contributed by atoms with Gasteiger partial charge < -0.3 is 5.73 Å². The largest absolute Gasteiger partial charge is 0.323 e. The first kappa shape index (κ1) is 9.86. The fourth-order valence-electron chi connectivity index (χ4n) is 1.54. The third-order valence-electron chi connectivity index (χ3n) is 2.29. The second-order valence-electron chi connectivity index (χ2n) is 3.47. The molecule has 0 aliphatic carbocycles. The summed E-state index contributed by atoms with van der Waals surface area (Å²) in [6, 6.07) is 6.39. The maximum Gasteiger partial charge on any atom is 0.131 e. The zero-order chi connectivity index (χ0) is 10.8. The lowest BCUT2D eigenvalue weighted by molar-refractivity contribution is 0.631. The van der Waals surface area contributed by atoms with Crippen LogP contribution in [0.15, 0.2) is 30.5 Å². The quantitative estimate of drug-likeness (QED) is 0.789. The highest BCUT2D eigenvalue weighted by Gasteiger charge is 2.13. The van der Waals surface area contributed by atoms with E-state index in [0.717, 1.165) is 11.3 Å². The Morgan fingerprint density at radius 1 is 1.33 bits per heavy atom. The highest BCUT2D eigenvalue weighted by molar-refractivity contribution is 5.66. The van der Waals surface area contributed by atoms with Crippen LogP contribution in [0.2, 0.25) is 0 Å². The van der Waals surface area contributed by atoms with E-state index in [9.17, 15) is 4.39 Å². The summed E-state index contributed by atoms with van der Waals surface area (Å²) in [5, 5.41) is 6.68. The van der Waals surface area contributed by atoms with Crippen LogP contribution >= 0.6 is 0 Å². The van der Waals surface area contributed by atoms with Gasteiger partial charge in [-0.3, -0.25) is 5.10 Å². The van der Waals surface area contributed by atoms with Crippen LogP contribution in [0.5, 0.6) is 0 Å². The van der Waals surface area contributed by atoms with Gasteiger partial charge >= 0.3 is 0 Å². The Morgan fingerprint density at radius 3 is 2.73 bits per heavy atom. The molecule has 1 unspecified atom stereocenters. The predicted molar refractivity (Wildman–Crippen MR) is 56.6 cm³/mol. The molecule has 0 saturated carbocycles. The first-order valence-electron chi connectivity index (χ1n) is 4.74. The fraction of sp³-hybridized carbons (Fsp3) is 0.182. The van der Waals surface area contributed by atoms with Gasteiger partial charge in [0.2, 0.25) is 0 Å². The maximum atomic E-state index is 13.5. The van der Waals surface area contributed by atoms with Crippen LogP contribution in [0, 0.1) is 5.82 Å². The molecule has 0 spiro atoms. The summed E-state index contributed by atoms with van der Waals surface area (Å²) in [5.41, 5.74) is 7.75. The van der Waals surface area contributed by atoms with Crippen LogP contribution in [-0.4, -0.2) is 10.2 Å². The maximum absolute atomic E-state index is 13.5. The highest BCUT2D eigenvalue weighted by Crippen LogP contribution is 2.27. The Morgan fingerprint density at radius 2 is 2.07 bits per heavy atom. The number of nitrogens with two attached hydrogens (primary N) is 1. The molecule has 3 N–H and O–H groups in total. The summed E-state index contributed by atoms with van der Waals surface area (Å²) in [6.45, 7) is 1.83. The highest BCUT2D eigenvalue weighted by atomic mass is 19.1. The molecule has 3 nitrogen and oxygen atoms in total. The van der Waals surface area contributed by atoms with Crippen LogP contribution < -0.4 is 5.73 Å². The van der Waals surface area contributed by atoms with E-state index in [-0.39, 0.29) is 11.9 Å². The normalized spacial score (nSPS) is 12.7. The van der Waals surface area contributed by atoms with E-state index in [1.54, 1.807) is 24.4 Å². The van der Waals surface area contributed by atoms with Crippen LogP contribution in [0.1, 0.15) is 18.7 Å². The van der Waals surface area contributed by atoms with E-state index in [2.05, 4.69) is 10.2 Å². The number of H-pyrrole nitrogens is 1. The molecule has 0 bridgehead atoms. The summed E-state index contributed by atoms with van der Waals surface area (Å²) in [5.74, 6) is -0.263. The number of aromatic nitrogens is 2. The molecule has 1 heterocycles. The average molecular weight is 205 g/mol. The van der Waals surface area contributed by atoms with Gasteiger partial charge in [-0.2, -0.15) is 5.10 Å². The minimum Gasteiger partial charge on any atom is -0.323 e. The summed E-state index contributed by atoms with van der Waals surface area (Å²) < 4.78 is 13.5.